The van der Waals surface area contributed by atoms with Gasteiger partial charge < -0.3 is 24.4 Å². The molecule has 1 heterocycles. The smallest absolute Gasteiger partial charge is 0.322 e. The van der Waals surface area contributed by atoms with Crippen molar-refractivity contribution in [3.63, 3.8) is 0 Å². The number of urea groups is 1. The summed E-state index contributed by atoms with van der Waals surface area (Å²) in [5, 5.41) is 3.56. The Morgan fingerprint density at radius 2 is 1.97 bits per heavy atom. The molecule has 0 aliphatic heterocycles. The highest BCUT2D eigenvalue weighted by Crippen LogP contribution is 2.25. The van der Waals surface area contributed by atoms with Crippen molar-refractivity contribution in [2.75, 3.05) is 32.1 Å². The lowest BCUT2D eigenvalue weighted by Crippen LogP contribution is -2.48. The molecular weight excluding hydrogens is 439 g/mol. The number of ether oxygens (including phenoxy) is 1. The number of hydrogen-bond acceptors (Lipinski definition) is 3. The van der Waals surface area contributed by atoms with Crippen LogP contribution in [0.1, 0.15) is 26.0 Å². The van der Waals surface area contributed by atoms with Crippen LogP contribution in [0.25, 0.3) is 0 Å². The minimum absolute atomic E-state index is 0.0453. The average Bonchev–Trinajstić information content (AvgIpc) is 3.15. The lowest BCUT2D eigenvalue weighted by Gasteiger charge is -2.31. The van der Waals surface area contributed by atoms with Crippen molar-refractivity contribution >= 4 is 40.8 Å². The number of methoxy groups -OCH3 is 1. The number of rotatable bonds is 10. The first-order chi connectivity index (χ1) is 14.8. The van der Waals surface area contributed by atoms with Gasteiger partial charge in [0, 0.05) is 44.3 Å². The molecule has 0 spiro atoms. The number of carbonyl (C=O) groups is 2. The van der Waals surface area contributed by atoms with Gasteiger partial charge in [-0.15, -0.1) is 0 Å². The van der Waals surface area contributed by atoms with Crippen molar-refractivity contribution in [1.82, 2.24) is 14.4 Å². The zero-order chi connectivity index (χ0) is 23.0. The van der Waals surface area contributed by atoms with E-state index >= 15 is 0 Å². The van der Waals surface area contributed by atoms with E-state index in [0.717, 1.165) is 5.69 Å². The summed E-state index contributed by atoms with van der Waals surface area (Å²) in [5.74, 6) is -0.150. The summed E-state index contributed by atoms with van der Waals surface area (Å²) in [6.07, 6.45) is 2.64. The Morgan fingerprint density at radius 1 is 1.23 bits per heavy atom. The van der Waals surface area contributed by atoms with Gasteiger partial charge in [0.15, 0.2) is 0 Å². The highest BCUT2D eigenvalue weighted by molar-refractivity contribution is 6.42. The Labute approximate surface area is 193 Å². The molecule has 9 heteroatoms. The number of carbonyl (C=O) groups excluding carboxylic acids is 2. The molecular formula is C22H30Cl2N4O3. The Bertz CT molecular complexity index is 887. The maximum Gasteiger partial charge on any atom is 0.322 e. The van der Waals surface area contributed by atoms with Gasteiger partial charge in [-0.1, -0.05) is 30.1 Å². The Hall–Kier alpha value is -2.22. The van der Waals surface area contributed by atoms with E-state index < -0.39 is 0 Å². The number of nitrogens with zero attached hydrogens (tertiary/aromatic N) is 3. The minimum atomic E-state index is -0.369. The molecule has 0 aliphatic rings. The fraction of sp³-hybridized carbons (Fsp3) is 0.455. The van der Waals surface area contributed by atoms with Crippen LogP contribution in [0.2, 0.25) is 10.0 Å². The van der Waals surface area contributed by atoms with Gasteiger partial charge in [-0.25, -0.2) is 4.79 Å². The topological polar surface area (TPSA) is 66.8 Å². The molecule has 0 fully saturated rings. The fourth-order valence-corrected chi connectivity index (χ4v) is 3.31. The van der Waals surface area contributed by atoms with Gasteiger partial charge >= 0.3 is 6.03 Å². The molecule has 170 valence electrons. The van der Waals surface area contributed by atoms with Crippen molar-refractivity contribution in [3.05, 3.63) is 52.3 Å². The van der Waals surface area contributed by atoms with Gasteiger partial charge in [0.1, 0.15) is 6.54 Å². The van der Waals surface area contributed by atoms with Crippen molar-refractivity contribution in [3.8, 4) is 0 Å². The van der Waals surface area contributed by atoms with E-state index in [4.69, 9.17) is 27.9 Å². The molecule has 3 amide bonds. The summed E-state index contributed by atoms with van der Waals surface area (Å²) in [4.78, 5) is 29.4. The van der Waals surface area contributed by atoms with Crippen molar-refractivity contribution in [2.24, 2.45) is 7.05 Å². The van der Waals surface area contributed by atoms with E-state index in [1.807, 2.05) is 43.8 Å². The van der Waals surface area contributed by atoms with Crippen LogP contribution < -0.4 is 5.32 Å². The van der Waals surface area contributed by atoms with E-state index in [1.54, 1.807) is 30.2 Å². The second kappa shape index (κ2) is 12.0. The largest absolute Gasteiger partial charge is 0.383 e. The van der Waals surface area contributed by atoms with Gasteiger partial charge in [-0.2, -0.15) is 0 Å². The number of amides is 3. The molecule has 31 heavy (non-hydrogen) atoms. The van der Waals surface area contributed by atoms with Crippen molar-refractivity contribution in [1.29, 1.82) is 0 Å². The predicted octanol–water partition coefficient (Wildman–Crippen LogP) is 4.64. The number of halogens is 2. The number of aromatic nitrogens is 1. The van der Waals surface area contributed by atoms with Crippen LogP contribution in [0.5, 0.6) is 0 Å². The molecule has 2 rings (SSSR count). The minimum Gasteiger partial charge on any atom is -0.383 e. The van der Waals surface area contributed by atoms with Gasteiger partial charge in [0.25, 0.3) is 0 Å². The third-order valence-corrected chi connectivity index (χ3v) is 5.92. The van der Waals surface area contributed by atoms with Crippen LogP contribution >= 0.6 is 23.2 Å². The van der Waals surface area contributed by atoms with Crippen LogP contribution in [0, 0.1) is 0 Å². The van der Waals surface area contributed by atoms with E-state index in [2.05, 4.69) is 5.32 Å². The molecule has 0 radical (unpaired) electrons. The molecule has 1 unspecified atom stereocenters. The van der Waals surface area contributed by atoms with Crippen LogP contribution in [0.15, 0.2) is 36.5 Å². The zero-order valence-corrected chi connectivity index (χ0v) is 19.9. The van der Waals surface area contributed by atoms with E-state index in [0.29, 0.717) is 41.8 Å². The summed E-state index contributed by atoms with van der Waals surface area (Å²) in [5.41, 5.74) is 1.51. The Balaban J connectivity index is 2.15. The molecule has 1 N–H and O–H groups in total. The van der Waals surface area contributed by atoms with Gasteiger partial charge in [-0.3, -0.25) is 4.79 Å². The quantitative estimate of drug-likeness (QED) is 0.552. The third kappa shape index (κ3) is 7.16. The average molecular weight is 469 g/mol. The Kier molecular flexibility index (Phi) is 9.68. The molecule has 0 saturated heterocycles. The first-order valence-corrected chi connectivity index (χ1v) is 10.9. The molecule has 1 atom stereocenters. The normalized spacial score (nSPS) is 11.8. The van der Waals surface area contributed by atoms with E-state index in [1.165, 1.54) is 4.90 Å². The zero-order valence-electron chi connectivity index (χ0n) is 18.4. The number of benzene rings is 1. The number of nitrogens with one attached hydrogen (secondary N) is 1. The maximum atomic E-state index is 13.2. The molecule has 1 aromatic heterocycles. The van der Waals surface area contributed by atoms with E-state index in [-0.39, 0.29) is 24.5 Å². The van der Waals surface area contributed by atoms with Gasteiger partial charge in [0.05, 0.1) is 23.2 Å². The molecule has 0 aliphatic carbocycles. The molecule has 0 saturated carbocycles. The lowest BCUT2D eigenvalue weighted by molar-refractivity contribution is -0.133. The SMILES string of the molecule is CCC(C)N(CC(=O)N(CCOC)Cc1cccn1C)C(=O)Nc1ccc(Cl)c(Cl)c1. The predicted molar refractivity (Wildman–Crippen MR) is 125 cm³/mol. The van der Waals surface area contributed by atoms with Crippen LogP contribution in [0.4, 0.5) is 10.5 Å². The summed E-state index contributed by atoms with van der Waals surface area (Å²) >= 11 is 12.0. The molecule has 2 aromatic rings. The van der Waals surface area contributed by atoms with Crippen LogP contribution in [-0.4, -0.2) is 59.2 Å². The highest BCUT2D eigenvalue weighted by atomic mass is 35.5. The first-order valence-electron chi connectivity index (χ1n) is 10.2. The Morgan fingerprint density at radius 3 is 2.55 bits per heavy atom. The van der Waals surface area contributed by atoms with Crippen LogP contribution in [-0.2, 0) is 23.1 Å². The number of anilines is 1. The second-order valence-corrected chi connectivity index (χ2v) is 8.18. The fourth-order valence-electron chi connectivity index (χ4n) is 3.01. The monoisotopic (exact) mass is 468 g/mol. The summed E-state index contributed by atoms with van der Waals surface area (Å²) in [6.45, 7) is 5.13. The second-order valence-electron chi connectivity index (χ2n) is 7.36. The standard InChI is InChI=1S/C22H30Cl2N4O3/c1-5-16(2)28(22(30)25-17-8-9-19(23)20(24)13-17)15-21(29)27(11-12-31-4)14-18-7-6-10-26(18)3/h6-10,13,16H,5,11-12,14-15H2,1-4H3,(H,25,30). The summed E-state index contributed by atoms with van der Waals surface area (Å²) < 4.78 is 7.14. The molecule has 0 bridgehead atoms. The van der Waals surface area contributed by atoms with Gasteiger partial charge in [0.2, 0.25) is 5.91 Å². The highest BCUT2D eigenvalue weighted by Gasteiger charge is 2.25. The van der Waals surface area contributed by atoms with Crippen molar-refractivity contribution < 1.29 is 14.3 Å². The maximum absolute atomic E-state index is 13.2. The van der Waals surface area contributed by atoms with Crippen molar-refractivity contribution in [2.45, 2.75) is 32.9 Å². The summed E-state index contributed by atoms with van der Waals surface area (Å²) in [7, 11) is 3.53. The first kappa shape index (κ1) is 25.0. The summed E-state index contributed by atoms with van der Waals surface area (Å²) in [6, 6.07) is 8.27. The molecule has 1 aromatic carbocycles. The molecule has 7 nitrogen and oxygen atoms in total. The third-order valence-electron chi connectivity index (χ3n) is 5.18. The number of hydrogen-bond donors (Lipinski definition) is 1. The van der Waals surface area contributed by atoms with Gasteiger partial charge in [-0.05, 0) is 43.7 Å². The van der Waals surface area contributed by atoms with Crippen LogP contribution in [0.3, 0.4) is 0 Å². The van der Waals surface area contributed by atoms with E-state index in [9.17, 15) is 9.59 Å². The lowest BCUT2D eigenvalue weighted by atomic mass is 10.2. The number of aryl methyl sites for hydroxylation is 1.